The minimum Gasteiger partial charge on any atom is -0.375 e. The maximum absolute atomic E-state index is 15.8. The first-order valence-electron chi connectivity index (χ1n) is 17.5. The number of hydrogen-bond donors (Lipinski definition) is 3. The van der Waals surface area contributed by atoms with E-state index in [0.29, 0.717) is 43.7 Å². The van der Waals surface area contributed by atoms with Crippen molar-refractivity contribution < 1.29 is 32.9 Å². The van der Waals surface area contributed by atoms with Gasteiger partial charge in [0, 0.05) is 44.6 Å². The Morgan fingerprint density at radius 2 is 1.78 bits per heavy atom. The van der Waals surface area contributed by atoms with Gasteiger partial charge in [-0.15, -0.1) is 0 Å². The van der Waals surface area contributed by atoms with Crippen molar-refractivity contribution in [1.29, 1.82) is 0 Å². The highest BCUT2D eigenvalue weighted by atomic mass is 19.1. The van der Waals surface area contributed by atoms with E-state index >= 15 is 4.39 Å². The van der Waals surface area contributed by atoms with Crippen molar-refractivity contribution in [2.75, 3.05) is 45.7 Å². The molecule has 272 valence electrons. The molecule has 1 aliphatic heterocycles. The largest absolute Gasteiger partial charge is 0.375 e. The Labute approximate surface area is 292 Å². The van der Waals surface area contributed by atoms with Crippen LogP contribution in [-0.4, -0.2) is 102 Å². The third-order valence-corrected chi connectivity index (χ3v) is 10.5. The van der Waals surface area contributed by atoms with Gasteiger partial charge in [0.05, 0.1) is 5.69 Å². The number of benzene rings is 1. The SMILES string of the molecule is COCC(=O)N[C@@H](C(=O)N1CCN(C)[C@H](C)C1)[C@@H](C)c1ccc(NC(=O)C(NC(=O)c2nonc2C2CC2)C2CCC(=C(C)C)CC2)c(F)c1. The summed E-state index contributed by atoms with van der Waals surface area (Å²) in [6, 6.07) is 2.58. The summed E-state index contributed by atoms with van der Waals surface area (Å²) < 4.78 is 25.7. The molecule has 0 bridgehead atoms. The Hall–Kier alpha value is -4.17. The minimum atomic E-state index is -0.962. The van der Waals surface area contributed by atoms with Crippen LogP contribution in [0.4, 0.5) is 10.1 Å². The molecule has 50 heavy (non-hydrogen) atoms. The monoisotopic (exact) mass is 695 g/mol. The molecule has 0 spiro atoms. The predicted molar refractivity (Wildman–Crippen MR) is 184 cm³/mol. The van der Waals surface area contributed by atoms with Crippen LogP contribution >= 0.6 is 0 Å². The molecule has 1 aromatic heterocycles. The molecule has 4 atom stereocenters. The van der Waals surface area contributed by atoms with Crippen LogP contribution in [0.2, 0.25) is 0 Å². The van der Waals surface area contributed by atoms with E-state index in [1.54, 1.807) is 17.9 Å². The molecular weight excluding hydrogens is 645 g/mol. The number of aromatic nitrogens is 2. The number of halogens is 1. The molecule has 1 unspecified atom stereocenters. The normalized spacial score (nSPS) is 21.6. The third kappa shape index (κ3) is 8.76. The molecular formula is C36H50FN7O6. The molecule has 1 saturated heterocycles. The molecule has 3 fully saturated rings. The summed E-state index contributed by atoms with van der Waals surface area (Å²) in [6.07, 6.45) is 4.76. The maximum Gasteiger partial charge on any atom is 0.276 e. The summed E-state index contributed by atoms with van der Waals surface area (Å²) in [5, 5.41) is 16.1. The van der Waals surface area contributed by atoms with E-state index in [9.17, 15) is 19.2 Å². The average molecular weight is 696 g/mol. The lowest BCUT2D eigenvalue weighted by Crippen LogP contribution is -2.58. The maximum atomic E-state index is 15.8. The van der Waals surface area contributed by atoms with Gasteiger partial charge in [-0.05, 0) is 95.1 Å². The van der Waals surface area contributed by atoms with Crippen LogP contribution in [-0.2, 0) is 19.1 Å². The molecule has 3 N–H and O–H groups in total. The van der Waals surface area contributed by atoms with Crippen LogP contribution in [0.5, 0.6) is 0 Å². The Kier molecular flexibility index (Phi) is 12.0. The molecule has 2 heterocycles. The molecule has 13 nitrogen and oxygen atoms in total. The number of carbonyl (C=O) groups excluding carboxylic acids is 4. The molecule has 2 aliphatic carbocycles. The molecule has 5 rings (SSSR count). The highest BCUT2D eigenvalue weighted by Gasteiger charge is 2.38. The van der Waals surface area contributed by atoms with Crippen molar-refractivity contribution in [3.8, 4) is 0 Å². The van der Waals surface area contributed by atoms with E-state index in [2.05, 4.69) is 45.0 Å². The molecule has 14 heteroatoms. The molecule has 2 saturated carbocycles. The van der Waals surface area contributed by atoms with Gasteiger partial charge in [0.15, 0.2) is 5.69 Å². The summed E-state index contributed by atoms with van der Waals surface area (Å²) in [5.74, 6) is -3.18. The predicted octanol–water partition coefficient (Wildman–Crippen LogP) is 3.75. The molecule has 2 aromatic rings. The van der Waals surface area contributed by atoms with Gasteiger partial charge in [0.1, 0.15) is 30.2 Å². The number of ether oxygens (including phenoxy) is 1. The lowest BCUT2D eigenvalue weighted by Gasteiger charge is -2.40. The van der Waals surface area contributed by atoms with Crippen molar-refractivity contribution in [2.24, 2.45) is 5.92 Å². The molecule has 3 aliphatic rings. The number of hydrogen-bond acceptors (Lipinski definition) is 9. The number of carbonyl (C=O) groups is 4. The van der Waals surface area contributed by atoms with Crippen LogP contribution in [0.15, 0.2) is 34.0 Å². The van der Waals surface area contributed by atoms with Crippen LogP contribution < -0.4 is 16.0 Å². The fourth-order valence-corrected chi connectivity index (χ4v) is 6.92. The quantitative estimate of drug-likeness (QED) is 0.281. The summed E-state index contributed by atoms with van der Waals surface area (Å²) >= 11 is 0. The Bertz CT molecular complexity index is 1590. The zero-order chi connectivity index (χ0) is 36.1. The third-order valence-electron chi connectivity index (χ3n) is 10.5. The Morgan fingerprint density at radius 3 is 2.40 bits per heavy atom. The number of allylic oxidation sites excluding steroid dienone is 2. The van der Waals surface area contributed by atoms with Crippen LogP contribution in [0.3, 0.4) is 0 Å². The van der Waals surface area contributed by atoms with Crippen molar-refractivity contribution >= 4 is 29.3 Å². The number of anilines is 1. The van der Waals surface area contributed by atoms with Crippen LogP contribution in [0.25, 0.3) is 0 Å². The van der Waals surface area contributed by atoms with E-state index in [0.717, 1.165) is 25.7 Å². The summed E-state index contributed by atoms with van der Waals surface area (Å²) in [6.45, 7) is 9.41. The van der Waals surface area contributed by atoms with Gasteiger partial charge in [-0.1, -0.05) is 29.3 Å². The highest BCUT2D eigenvalue weighted by Crippen LogP contribution is 2.40. The molecule has 1 aromatic carbocycles. The zero-order valence-corrected chi connectivity index (χ0v) is 29.9. The van der Waals surface area contributed by atoms with Crippen LogP contribution in [0.1, 0.15) is 99.8 Å². The van der Waals surface area contributed by atoms with Gasteiger partial charge < -0.3 is 30.5 Å². The van der Waals surface area contributed by atoms with Crippen molar-refractivity contribution in [3.63, 3.8) is 0 Å². The first kappa shape index (κ1) is 37.1. The topological polar surface area (TPSA) is 159 Å². The highest BCUT2D eigenvalue weighted by molar-refractivity contribution is 6.01. The van der Waals surface area contributed by atoms with Gasteiger partial charge >= 0.3 is 0 Å². The summed E-state index contributed by atoms with van der Waals surface area (Å²) in [5.41, 5.74) is 3.57. The van der Waals surface area contributed by atoms with Gasteiger partial charge in [0.25, 0.3) is 5.91 Å². The van der Waals surface area contributed by atoms with Gasteiger partial charge in [-0.2, -0.15) is 0 Å². The standard InChI is InChI=1S/C36H50FN7O6/c1-20(2)23-7-9-25(10-8-23)32(40-35(47)33-31(24-11-12-24)41-50-42-33)34(46)38-28-14-13-26(17-27(28)37)22(4)30(39-29(45)19-49-6)36(48)44-16-15-43(5)21(3)18-44/h13-14,17,21-22,24-25,30,32H,7-12,15-16,18-19H2,1-6H3,(H,38,46)(H,39,45)(H,40,47)/t21-,22+,30-,32?/m1/s1. The first-order chi connectivity index (χ1) is 23.9. The van der Waals surface area contributed by atoms with E-state index < -0.39 is 41.5 Å². The Morgan fingerprint density at radius 1 is 1.06 bits per heavy atom. The number of likely N-dealkylation sites (N-methyl/N-ethyl adjacent to an activating group) is 1. The summed E-state index contributed by atoms with van der Waals surface area (Å²) in [4.78, 5) is 57.5. The van der Waals surface area contributed by atoms with Gasteiger partial charge in [-0.25, -0.2) is 9.02 Å². The number of piperazine rings is 1. The molecule has 4 amide bonds. The zero-order valence-electron chi connectivity index (χ0n) is 29.9. The second-order valence-corrected chi connectivity index (χ2v) is 14.3. The number of methoxy groups -OCH3 is 1. The van der Waals surface area contributed by atoms with Gasteiger partial charge in [-0.3, -0.25) is 19.2 Å². The minimum absolute atomic E-state index is 0.0630. The molecule has 0 radical (unpaired) electrons. The fraction of sp³-hybridized carbons (Fsp3) is 0.611. The number of nitrogens with one attached hydrogen (secondary N) is 3. The second kappa shape index (κ2) is 16.2. The van der Waals surface area contributed by atoms with Crippen molar-refractivity contribution in [1.82, 2.24) is 30.7 Å². The van der Waals surface area contributed by atoms with E-state index in [4.69, 9.17) is 9.37 Å². The average Bonchev–Trinajstić information content (AvgIpc) is 3.82. The van der Waals surface area contributed by atoms with E-state index in [1.165, 1.54) is 30.4 Å². The fourth-order valence-electron chi connectivity index (χ4n) is 6.92. The number of amides is 4. The van der Waals surface area contributed by atoms with Gasteiger partial charge in [0.2, 0.25) is 17.7 Å². The van der Waals surface area contributed by atoms with E-state index in [-0.39, 0.29) is 41.8 Å². The van der Waals surface area contributed by atoms with Crippen molar-refractivity contribution in [3.05, 3.63) is 52.1 Å². The Balaban J connectivity index is 1.34. The van der Waals surface area contributed by atoms with Crippen LogP contribution in [0, 0.1) is 11.7 Å². The van der Waals surface area contributed by atoms with Crippen molar-refractivity contribution in [2.45, 2.75) is 96.2 Å². The second-order valence-electron chi connectivity index (χ2n) is 14.3. The summed E-state index contributed by atoms with van der Waals surface area (Å²) in [7, 11) is 3.40. The number of rotatable bonds is 12. The first-order valence-corrected chi connectivity index (χ1v) is 17.5. The van der Waals surface area contributed by atoms with E-state index in [1.807, 2.05) is 14.0 Å². The lowest BCUT2D eigenvalue weighted by atomic mass is 9.79. The smallest absolute Gasteiger partial charge is 0.276 e. The lowest BCUT2D eigenvalue weighted by molar-refractivity contribution is -0.140. The number of nitrogens with zero attached hydrogens (tertiary/aromatic N) is 4.